The maximum Gasteiger partial charge on any atom is 0.451 e. The van der Waals surface area contributed by atoms with Crippen LogP contribution in [0.25, 0.3) is 0 Å². The number of halogens is 3. The lowest BCUT2D eigenvalue weighted by atomic mass is 10.1. The van der Waals surface area contributed by atoms with Crippen molar-refractivity contribution in [1.82, 2.24) is 9.97 Å². The molecule has 0 atom stereocenters. The molecule has 1 aliphatic rings. The Balaban J connectivity index is 2.29. The number of aliphatic hydroxyl groups is 1. The van der Waals surface area contributed by atoms with Gasteiger partial charge in [0.15, 0.2) is 0 Å². The number of hydrogen-bond donors (Lipinski definition) is 2. The first-order valence-corrected chi connectivity index (χ1v) is 5.97. The summed E-state index contributed by atoms with van der Waals surface area (Å²) in [5.74, 6) is -0.789. The van der Waals surface area contributed by atoms with Crippen LogP contribution >= 0.6 is 0 Å². The molecule has 0 unspecified atom stereocenters. The van der Waals surface area contributed by atoms with Crippen molar-refractivity contribution >= 4 is 11.6 Å². The van der Waals surface area contributed by atoms with Crippen LogP contribution in [0.15, 0.2) is 6.07 Å². The minimum Gasteiger partial charge on any atom is -0.393 e. The third kappa shape index (κ3) is 3.25. The van der Waals surface area contributed by atoms with Gasteiger partial charge in [-0.25, -0.2) is 9.97 Å². The Hall–Kier alpha value is -1.57. The van der Waals surface area contributed by atoms with E-state index in [9.17, 15) is 18.3 Å². The largest absolute Gasteiger partial charge is 0.451 e. The first-order valence-electron chi connectivity index (χ1n) is 5.97. The molecule has 1 aromatic heterocycles. The summed E-state index contributed by atoms with van der Waals surface area (Å²) in [7, 11) is 1.51. The van der Waals surface area contributed by atoms with Crippen molar-refractivity contribution in [1.29, 1.82) is 0 Å². The predicted molar refractivity (Wildman–Crippen MR) is 64.0 cm³/mol. The van der Waals surface area contributed by atoms with Gasteiger partial charge in [0.1, 0.15) is 11.6 Å². The molecule has 0 amide bonds. The van der Waals surface area contributed by atoms with Gasteiger partial charge in [0, 0.05) is 26.2 Å². The number of piperidine rings is 1. The molecule has 0 aliphatic carbocycles. The molecule has 19 heavy (non-hydrogen) atoms. The molecule has 1 fully saturated rings. The fourth-order valence-corrected chi connectivity index (χ4v) is 1.95. The smallest absolute Gasteiger partial charge is 0.393 e. The molecule has 8 heteroatoms. The Morgan fingerprint density at radius 1 is 1.32 bits per heavy atom. The number of anilines is 2. The predicted octanol–water partition coefficient (Wildman–Crippen LogP) is 1.50. The van der Waals surface area contributed by atoms with Crippen molar-refractivity contribution in [2.45, 2.75) is 25.1 Å². The van der Waals surface area contributed by atoms with Crippen molar-refractivity contribution in [3.05, 3.63) is 11.9 Å². The van der Waals surface area contributed by atoms with Gasteiger partial charge < -0.3 is 15.3 Å². The second-order valence-electron chi connectivity index (χ2n) is 4.40. The summed E-state index contributed by atoms with van der Waals surface area (Å²) in [6, 6.07) is 1.48. The van der Waals surface area contributed by atoms with E-state index in [1.54, 1.807) is 4.90 Å². The van der Waals surface area contributed by atoms with Gasteiger partial charge >= 0.3 is 6.18 Å². The van der Waals surface area contributed by atoms with Crippen LogP contribution in [0.3, 0.4) is 0 Å². The van der Waals surface area contributed by atoms with Gasteiger partial charge in [-0.15, -0.1) is 0 Å². The Bertz CT molecular complexity index is 444. The maximum atomic E-state index is 12.7. The molecule has 2 heterocycles. The standard InChI is InChI=1S/C11H15F3N4O/c1-15-8-6-9(17-10(16-8)11(12,13)14)18-4-2-7(19)3-5-18/h6-7,19H,2-5H2,1H3,(H,15,16,17). The monoisotopic (exact) mass is 276 g/mol. The third-order valence-electron chi connectivity index (χ3n) is 3.01. The van der Waals surface area contributed by atoms with Gasteiger partial charge in [-0.2, -0.15) is 13.2 Å². The highest BCUT2D eigenvalue weighted by atomic mass is 19.4. The second kappa shape index (κ2) is 5.20. The molecule has 2 N–H and O–H groups in total. The van der Waals surface area contributed by atoms with Crippen molar-refractivity contribution < 1.29 is 18.3 Å². The number of rotatable bonds is 2. The molecule has 5 nitrogen and oxygen atoms in total. The summed E-state index contributed by atoms with van der Waals surface area (Å²) in [4.78, 5) is 8.71. The van der Waals surface area contributed by atoms with E-state index in [1.165, 1.54) is 13.1 Å². The van der Waals surface area contributed by atoms with Gasteiger partial charge in [-0.05, 0) is 12.8 Å². The normalized spacial score (nSPS) is 17.6. The lowest BCUT2D eigenvalue weighted by Crippen LogP contribution is -2.36. The number of aliphatic hydroxyl groups excluding tert-OH is 1. The van der Waals surface area contributed by atoms with Crippen LogP contribution < -0.4 is 10.2 Å². The molecule has 1 aromatic rings. The van der Waals surface area contributed by atoms with Crippen LogP contribution in [0.5, 0.6) is 0 Å². The summed E-state index contributed by atoms with van der Waals surface area (Å²) >= 11 is 0. The zero-order chi connectivity index (χ0) is 14.0. The topological polar surface area (TPSA) is 61.3 Å². The molecule has 0 saturated carbocycles. The molecular formula is C11H15F3N4O. The quantitative estimate of drug-likeness (QED) is 0.857. The summed E-state index contributed by atoms with van der Waals surface area (Å²) < 4.78 is 38.1. The van der Waals surface area contributed by atoms with Crippen molar-refractivity contribution in [2.75, 3.05) is 30.4 Å². The molecule has 2 rings (SSSR count). The van der Waals surface area contributed by atoms with E-state index in [2.05, 4.69) is 15.3 Å². The van der Waals surface area contributed by atoms with E-state index in [4.69, 9.17) is 0 Å². The Morgan fingerprint density at radius 3 is 2.47 bits per heavy atom. The lowest BCUT2D eigenvalue weighted by Gasteiger charge is -2.30. The molecule has 1 aliphatic heterocycles. The number of nitrogens with zero attached hydrogens (tertiary/aromatic N) is 3. The highest BCUT2D eigenvalue weighted by molar-refractivity contribution is 5.49. The van der Waals surface area contributed by atoms with Crippen LogP contribution in [0.1, 0.15) is 18.7 Å². The number of aromatic nitrogens is 2. The second-order valence-corrected chi connectivity index (χ2v) is 4.40. The van der Waals surface area contributed by atoms with E-state index in [-0.39, 0.29) is 17.7 Å². The minimum absolute atomic E-state index is 0.128. The zero-order valence-electron chi connectivity index (χ0n) is 10.4. The number of hydrogen-bond acceptors (Lipinski definition) is 5. The highest BCUT2D eigenvalue weighted by Gasteiger charge is 2.36. The molecule has 0 spiro atoms. The molecule has 106 valence electrons. The molecular weight excluding hydrogens is 261 g/mol. The SMILES string of the molecule is CNc1cc(N2CCC(O)CC2)nc(C(F)(F)F)n1. The van der Waals surface area contributed by atoms with E-state index in [0.29, 0.717) is 25.9 Å². The molecule has 0 aromatic carbocycles. The Kier molecular flexibility index (Phi) is 3.79. The average molecular weight is 276 g/mol. The number of alkyl halides is 3. The fourth-order valence-electron chi connectivity index (χ4n) is 1.95. The summed E-state index contributed by atoms with van der Waals surface area (Å²) in [5, 5.41) is 12.0. The molecule has 0 bridgehead atoms. The minimum atomic E-state index is -4.57. The first-order chi connectivity index (χ1) is 8.90. The Morgan fingerprint density at radius 2 is 1.95 bits per heavy atom. The fraction of sp³-hybridized carbons (Fsp3) is 0.636. The average Bonchev–Trinajstić information content (AvgIpc) is 2.38. The van der Waals surface area contributed by atoms with Gasteiger partial charge in [0.05, 0.1) is 6.10 Å². The summed E-state index contributed by atoms with van der Waals surface area (Å²) in [5.41, 5.74) is 0. The summed E-state index contributed by atoms with van der Waals surface area (Å²) in [6.07, 6.45) is -3.90. The Labute approximate surface area is 108 Å². The molecule has 0 radical (unpaired) electrons. The molecule has 1 saturated heterocycles. The maximum absolute atomic E-state index is 12.7. The van der Waals surface area contributed by atoms with E-state index in [1.807, 2.05) is 0 Å². The number of nitrogens with one attached hydrogen (secondary N) is 1. The lowest BCUT2D eigenvalue weighted by molar-refractivity contribution is -0.144. The highest BCUT2D eigenvalue weighted by Crippen LogP contribution is 2.29. The van der Waals surface area contributed by atoms with Crippen molar-refractivity contribution in [3.63, 3.8) is 0 Å². The van der Waals surface area contributed by atoms with E-state index in [0.717, 1.165) is 0 Å². The van der Waals surface area contributed by atoms with Crippen molar-refractivity contribution in [3.8, 4) is 0 Å². The van der Waals surface area contributed by atoms with Crippen LogP contribution in [0.4, 0.5) is 24.8 Å². The van der Waals surface area contributed by atoms with Gasteiger partial charge in [-0.1, -0.05) is 0 Å². The van der Waals surface area contributed by atoms with Crippen molar-refractivity contribution in [2.24, 2.45) is 0 Å². The van der Waals surface area contributed by atoms with Crippen LogP contribution in [0, 0.1) is 0 Å². The van der Waals surface area contributed by atoms with E-state index < -0.39 is 12.0 Å². The first kappa shape index (κ1) is 13.9. The summed E-state index contributed by atoms with van der Waals surface area (Å²) in [6.45, 7) is 0.970. The van der Waals surface area contributed by atoms with Crippen LogP contribution in [0.2, 0.25) is 0 Å². The van der Waals surface area contributed by atoms with Gasteiger partial charge in [-0.3, -0.25) is 0 Å². The van der Waals surface area contributed by atoms with Crippen LogP contribution in [-0.2, 0) is 6.18 Å². The van der Waals surface area contributed by atoms with E-state index >= 15 is 0 Å². The van der Waals surface area contributed by atoms with Crippen LogP contribution in [-0.4, -0.2) is 41.3 Å². The third-order valence-corrected chi connectivity index (χ3v) is 3.01. The zero-order valence-corrected chi connectivity index (χ0v) is 10.4. The van der Waals surface area contributed by atoms with Gasteiger partial charge in [0.25, 0.3) is 0 Å². The van der Waals surface area contributed by atoms with Gasteiger partial charge in [0.2, 0.25) is 5.82 Å².